The van der Waals surface area contributed by atoms with E-state index >= 15 is 0 Å². The molecule has 0 radical (unpaired) electrons. The molecule has 1 N–H and O–H groups in total. The molecule has 0 unspecified atom stereocenters. The molecule has 0 aromatic carbocycles. The van der Waals surface area contributed by atoms with Gasteiger partial charge in [0.05, 0.1) is 17.9 Å². The molecule has 1 fully saturated rings. The van der Waals surface area contributed by atoms with Crippen LogP contribution in [0.2, 0.25) is 0 Å². The molecular weight excluding hydrogens is 254 g/mol. The Hall–Kier alpha value is -1.15. The van der Waals surface area contributed by atoms with Crippen LogP contribution in [0.5, 0.6) is 0 Å². The fourth-order valence-electron chi connectivity index (χ4n) is 1.79. The van der Waals surface area contributed by atoms with Crippen LogP contribution < -0.4 is 5.32 Å². The highest BCUT2D eigenvalue weighted by molar-refractivity contribution is 8.00. The van der Waals surface area contributed by atoms with Gasteiger partial charge in [0.15, 0.2) is 0 Å². The van der Waals surface area contributed by atoms with E-state index in [4.69, 9.17) is 4.74 Å². The molecule has 100 valence electrons. The summed E-state index contributed by atoms with van der Waals surface area (Å²) in [6, 6.07) is 0. The third kappa shape index (κ3) is 3.20. The van der Waals surface area contributed by atoms with Crippen LogP contribution in [-0.4, -0.2) is 51.1 Å². The molecule has 2 rings (SSSR count). The first kappa shape index (κ1) is 13.3. The summed E-state index contributed by atoms with van der Waals surface area (Å²) < 4.78 is 7.26. The maximum absolute atomic E-state index is 11.5. The van der Waals surface area contributed by atoms with Gasteiger partial charge in [-0.15, -0.1) is 5.10 Å². The minimum atomic E-state index is -0.218. The molecule has 2 atom stereocenters. The van der Waals surface area contributed by atoms with Crippen molar-refractivity contribution in [2.45, 2.75) is 42.8 Å². The average molecular weight is 271 g/mol. The van der Waals surface area contributed by atoms with Gasteiger partial charge in [-0.3, -0.25) is 4.79 Å². The van der Waals surface area contributed by atoms with Gasteiger partial charge in [-0.25, -0.2) is 4.68 Å². The normalized spacial score (nSPS) is 20.9. The first-order chi connectivity index (χ1) is 8.70. The van der Waals surface area contributed by atoms with Crippen molar-refractivity contribution in [3.63, 3.8) is 0 Å². The standard InChI is InChI=1S/C10H17N5O2S/c1-7(9(16)11-2)18-10-12-13-14-15(10)6-8-4-3-5-17-8/h7-8H,3-6H2,1-2H3,(H,11,16)/t7-,8-/m1/s1. The second kappa shape index (κ2) is 6.14. The van der Waals surface area contributed by atoms with Gasteiger partial charge in [-0.2, -0.15) is 0 Å². The van der Waals surface area contributed by atoms with Gasteiger partial charge in [0.25, 0.3) is 0 Å². The zero-order valence-electron chi connectivity index (χ0n) is 10.5. The number of hydrogen-bond donors (Lipinski definition) is 1. The topological polar surface area (TPSA) is 81.9 Å². The number of amides is 1. The molecule has 1 amide bonds. The van der Waals surface area contributed by atoms with E-state index in [1.54, 1.807) is 11.7 Å². The minimum absolute atomic E-state index is 0.0355. The lowest BCUT2D eigenvalue weighted by Crippen LogP contribution is -2.27. The number of ether oxygens (including phenoxy) is 1. The number of nitrogens with zero attached hydrogens (tertiary/aromatic N) is 4. The summed E-state index contributed by atoms with van der Waals surface area (Å²) in [5.74, 6) is -0.0355. The molecule has 0 saturated carbocycles. The lowest BCUT2D eigenvalue weighted by Gasteiger charge is -2.12. The highest BCUT2D eigenvalue weighted by atomic mass is 32.2. The lowest BCUT2D eigenvalue weighted by atomic mass is 10.2. The summed E-state index contributed by atoms with van der Waals surface area (Å²) in [4.78, 5) is 11.5. The van der Waals surface area contributed by atoms with E-state index in [0.717, 1.165) is 19.4 Å². The van der Waals surface area contributed by atoms with Crippen LogP contribution in [0.1, 0.15) is 19.8 Å². The Labute approximate surface area is 110 Å². The van der Waals surface area contributed by atoms with Crippen molar-refractivity contribution in [2.24, 2.45) is 0 Å². The van der Waals surface area contributed by atoms with Crippen LogP contribution in [-0.2, 0) is 16.1 Å². The minimum Gasteiger partial charge on any atom is -0.376 e. The predicted molar refractivity (Wildman–Crippen MR) is 66.2 cm³/mol. The monoisotopic (exact) mass is 271 g/mol. The van der Waals surface area contributed by atoms with E-state index in [9.17, 15) is 4.79 Å². The van der Waals surface area contributed by atoms with Crippen molar-refractivity contribution in [3.8, 4) is 0 Å². The Bertz CT molecular complexity index is 405. The van der Waals surface area contributed by atoms with Crippen LogP contribution in [0, 0.1) is 0 Å². The highest BCUT2D eigenvalue weighted by Crippen LogP contribution is 2.22. The van der Waals surface area contributed by atoms with Gasteiger partial charge in [-0.05, 0) is 30.2 Å². The number of tetrazole rings is 1. The molecule has 1 saturated heterocycles. The van der Waals surface area contributed by atoms with Gasteiger partial charge in [0.2, 0.25) is 11.1 Å². The fraction of sp³-hybridized carbons (Fsp3) is 0.800. The second-order valence-corrected chi connectivity index (χ2v) is 5.46. The number of carbonyl (C=O) groups is 1. The average Bonchev–Trinajstić information content (AvgIpc) is 3.01. The number of thioether (sulfide) groups is 1. The number of rotatable bonds is 5. The second-order valence-electron chi connectivity index (χ2n) is 4.15. The molecule has 0 aliphatic carbocycles. The highest BCUT2D eigenvalue weighted by Gasteiger charge is 2.21. The van der Waals surface area contributed by atoms with E-state index in [0.29, 0.717) is 11.7 Å². The maximum Gasteiger partial charge on any atom is 0.233 e. The number of hydrogen-bond acceptors (Lipinski definition) is 6. The van der Waals surface area contributed by atoms with E-state index in [1.807, 2.05) is 6.92 Å². The van der Waals surface area contributed by atoms with E-state index in [2.05, 4.69) is 20.8 Å². The summed E-state index contributed by atoms with van der Waals surface area (Å²) in [7, 11) is 1.62. The summed E-state index contributed by atoms with van der Waals surface area (Å²) in [6.07, 6.45) is 2.31. The lowest BCUT2D eigenvalue weighted by molar-refractivity contribution is -0.119. The smallest absolute Gasteiger partial charge is 0.233 e. The van der Waals surface area contributed by atoms with Crippen molar-refractivity contribution in [3.05, 3.63) is 0 Å². The van der Waals surface area contributed by atoms with E-state index in [-0.39, 0.29) is 17.3 Å². The maximum atomic E-state index is 11.5. The SMILES string of the molecule is CNC(=O)[C@@H](C)Sc1nnnn1C[C@H]1CCCO1. The summed E-state index contributed by atoms with van der Waals surface area (Å²) in [5.41, 5.74) is 0. The van der Waals surface area contributed by atoms with Crippen LogP contribution in [0.25, 0.3) is 0 Å². The first-order valence-corrected chi connectivity index (χ1v) is 6.84. The van der Waals surface area contributed by atoms with Crippen LogP contribution in [0.3, 0.4) is 0 Å². The summed E-state index contributed by atoms with van der Waals surface area (Å²) in [6.45, 7) is 3.29. The van der Waals surface area contributed by atoms with Gasteiger partial charge in [-0.1, -0.05) is 11.8 Å². The largest absolute Gasteiger partial charge is 0.376 e. The number of aromatic nitrogens is 4. The molecule has 0 spiro atoms. The molecular formula is C10H17N5O2S. The Balaban J connectivity index is 1.96. The van der Waals surface area contributed by atoms with Crippen LogP contribution in [0.4, 0.5) is 0 Å². The number of nitrogens with one attached hydrogen (secondary N) is 1. The number of carbonyl (C=O) groups excluding carboxylic acids is 1. The van der Waals surface area contributed by atoms with Crippen LogP contribution >= 0.6 is 11.8 Å². The quantitative estimate of drug-likeness (QED) is 0.764. The van der Waals surface area contributed by atoms with Gasteiger partial charge < -0.3 is 10.1 Å². The molecule has 1 aliphatic rings. The van der Waals surface area contributed by atoms with E-state index in [1.165, 1.54) is 11.8 Å². The zero-order valence-corrected chi connectivity index (χ0v) is 11.3. The van der Waals surface area contributed by atoms with Crippen molar-refractivity contribution >= 4 is 17.7 Å². The Morgan fingerprint density at radius 3 is 3.22 bits per heavy atom. The molecule has 0 bridgehead atoms. The molecule has 1 aliphatic heterocycles. The van der Waals surface area contributed by atoms with Crippen LogP contribution in [0.15, 0.2) is 5.16 Å². The van der Waals surface area contributed by atoms with Gasteiger partial charge in [0.1, 0.15) is 0 Å². The van der Waals surface area contributed by atoms with Crippen molar-refractivity contribution < 1.29 is 9.53 Å². The Morgan fingerprint density at radius 1 is 1.72 bits per heavy atom. The molecule has 1 aromatic rings. The third-order valence-electron chi connectivity index (χ3n) is 2.80. The predicted octanol–water partition coefficient (Wildman–Crippen LogP) is 0.0787. The molecule has 1 aromatic heterocycles. The molecule has 18 heavy (non-hydrogen) atoms. The van der Waals surface area contributed by atoms with Crippen molar-refractivity contribution in [1.82, 2.24) is 25.5 Å². The molecule has 2 heterocycles. The third-order valence-corrected chi connectivity index (χ3v) is 3.87. The van der Waals surface area contributed by atoms with E-state index < -0.39 is 0 Å². The molecule has 8 heteroatoms. The fourth-order valence-corrected chi connectivity index (χ4v) is 2.65. The zero-order chi connectivity index (χ0) is 13.0. The first-order valence-electron chi connectivity index (χ1n) is 5.96. The summed E-state index contributed by atoms with van der Waals surface area (Å²) >= 11 is 1.35. The van der Waals surface area contributed by atoms with Crippen molar-refractivity contribution in [2.75, 3.05) is 13.7 Å². The van der Waals surface area contributed by atoms with Crippen molar-refractivity contribution in [1.29, 1.82) is 0 Å². The van der Waals surface area contributed by atoms with Gasteiger partial charge >= 0.3 is 0 Å². The Morgan fingerprint density at radius 2 is 2.56 bits per heavy atom. The summed E-state index contributed by atoms with van der Waals surface area (Å²) in [5, 5.41) is 14.6. The molecule has 7 nitrogen and oxygen atoms in total. The Kier molecular flexibility index (Phi) is 4.54. The van der Waals surface area contributed by atoms with Gasteiger partial charge in [0, 0.05) is 13.7 Å².